The number of fused-ring (bicyclic) bond motifs is 1. The predicted octanol–water partition coefficient (Wildman–Crippen LogP) is 3.57. The highest BCUT2D eigenvalue weighted by molar-refractivity contribution is 6.13. The lowest BCUT2D eigenvalue weighted by Gasteiger charge is -2.17. The number of anilines is 1. The molecule has 1 saturated carbocycles. The summed E-state index contributed by atoms with van der Waals surface area (Å²) >= 11 is 0. The van der Waals surface area contributed by atoms with Gasteiger partial charge in [0.2, 0.25) is 5.43 Å². The molecule has 11 heteroatoms. The predicted molar refractivity (Wildman–Crippen MR) is 132 cm³/mol. The highest BCUT2D eigenvalue weighted by Gasteiger charge is 2.32. The first-order chi connectivity index (χ1) is 17.2. The van der Waals surface area contributed by atoms with Crippen LogP contribution in [0.4, 0.5) is 14.5 Å². The number of aromatic nitrogens is 1. The lowest BCUT2D eigenvalue weighted by Crippen LogP contribution is -2.23. The summed E-state index contributed by atoms with van der Waals surface area (Å²) < 4.78 is 32.4. The van der Waals surface area contributed by atoms with Gasteiger partial charge in [0.1, 0.15) is 12.2 Å². The minimum Gasteiger partial charge on any atom is -0.477 e. The number of nitrogens with two attached hydrogens (primary N) is 2. The monoisotopic (exact) mass is 497 g/mol. The summed E-state index contributed by atoms with van der Waals surface area (Å²) in [5, 5.41) is 21.3. The van der Waals surface area contributed by atoms with Crippen molar-refractivity contribution in [2.45, 2.75) is 38.3 Å². The van der Waals surface area contributed by atoms with Gasteiger partial charge in [-0.1, -0.05) is 35.5 Å². The van der Waals surface area contributed by atoms with Crippen LogP contribution in [0.5, 0.6) is 0 Å². The van der Waals surface area contributed by atoms with E-state index in [-0.39, 0.29) is 37.6 Å². The zero-order valence-electron chi connectivity index (χ0n) is 19.3. The number of carboxylic acid groups (broad SMARTS) is 1. The fraction of sp³-hybridized carbons (Fsp3) is 0.280. The second kappa shape index (κ2) is 10.2. The Kier molecular flexibility index (Phi) is 7.11. The third-order valence-electron chi connectivity index (χ3n) is 5.94. The van der Waals surface area contributed by atoms with Crippen LogP contribution in [0, 0.1) is 17.0 Å². The number of carbonyl (C=O) groups is 1. The van der Waals surface area contributed by atoms with Crippen molar-refractivity contribution in [3.8, 4) is 0 Å². The van der Waals surface area contributed by atoms with Gasteiger partial charge in [-0.3, -0.25) is 4.79 Å². The van der Waals surface area contributed by atoms with E-state index in [9.17, 15) is 14.7 Å². The van der Waals surface area contributed by atoms with Gasteiger partial charge < -0.3 is 31.4 Å². The van der Waals surface area contributed by atoms with Crippen molar-refractivity contribution in [3.05, 3.63) is 75.1 Å². The van der Waals surface area contributed by atoms with E-state index < -0.39 is 50.9 Å². The van der Waals surface area contributed by atoms with Gasteiger partial charge in [-0.15, -0.1) is 0 Å². The number of rotatable bonds is 10. The summed E-state index contributed by atoms with van der Waals surface area (Å²) in [5.41, 5.74) is 8.80. The Morgan fingerprint density at radius 2 is 1.92 bits per heavy atom. The molecule has 2 aromatic carbocycles. The summed E-state index contributed by atoms with van der Waals surface area (Å²) in [6.45, 7) is 0.332. The average molecular weight is 498 g/mol. The minimum absolute atomic E-state index is 0.160. The van der Waals surface area contributed by atoms with Gasteiger partial charge in [0, 0.05) is 25.1 Å². The number of oxime groups is 1. The van der Waals surface area contributed by atoms with Crippen LogP contribution in [-0.2, 0) is 11.4 Å². The SMILES string of the molecule is N=C(CC(CCN)=NOCc1ccccc1)c1c(F)c(N)c2c(=O)c(C(=O)O)cn(C3CC3)c2c1F. The quantitative estimate of drug-likeness (QED) is 0.191. The van der Waals surface area contributed by atoms with Gasteiger partial charge in [0.25, 0.3) is 0 Å². The van der Waals surface area contributed by atoms with Crippen LogP contribution in [0.25, 0.3) is 10.9 Å². The maximum absolute atomic E-state index is 15.8. The number of halogens is 2. The highest BCUT2D eigenvalue weighted by atomic mass is 19.1. The summed E-state index contributed by atoms with van der Waals surface area (Å²) in [6, 6.07) is 8.98. The Morgan fingerprint density at radius 1 is 1.22 bits per heavy atom. The van der Waals surface area contributed by atoms with Gasteiger partial charge in [-0.2, -0.15) is 0 Å². The normalized spacial score (nSPS) is 13.7. The first-order valence-corrected chi connectivity index (χ1v) is 11.3. The molecule has 1 aliphatic carbocycles. The number of nitrogens with one attached hydrogen (secondary N) is 1. The third kappa shape index (κ3) is 4.82. The number of pyridine rings is 1. The van der Waals surface area contributed by atoms with E-state index in [1.165, 1.54) is 4.57 Å². The van der Waals surface area contributed by atoms with Gasteiger partial charge in [0.15, 0.2) is 11.6 Å². The van der Waals surface area contributed by atoms with Crippen LogP contribution in [-0.4, -0.2) is 33.6 Å². The summed E-state index contributed by atoms with van der Waals surface area (Å²) in [7, 11) is 0. The molecule has 0 bridgehead atoms. The van der Waals surface area contributed by atoms with E-state index in [1.54, 1.807) is 0 Å². The molecule has 0 unspecified atom stereocenters. The summed E-state index contributed by atoms with van der Waals surface area (Å²) in [6.07, 6.45) is 2.26. The Hall–Kier alpha value is -4.12. The Bertz CT molecular complexity index is 1430. The highest BCUT2D eigenvalue weighted by Crippen LogP contribution is 2.39. The minimum atomic E-state index is -1.52. The Balaban J connectivity index is 1.74. The maximum Gasteiger partial charge on any atom is 0.341 e. The second-order valence-corrected chi connectivity index (χ2v) is 8.57. The fourth-order valence-corrected chi connectivity index (χ4v) is 4.02. The number of hydrogen-bond acceptors (Lipinski definition) is 7. The fourth-order valence-electron chi connectivity index (χ4n) is 4.02. The molecule has 1 fully saturated rings. The molecule has 0 radical (unpaired) electrons. The van der Waals surface area contributed by atoms with Crippen molar-refractivity contribution in [2.75, 3.05) is 12.3 Å². The summed E-state index contributed by atoms with van der Waals surface area (Å²) in [5.74, 6) is -3.98. The Labute approximate surface area is 204 Å². The van der Waals surface area contributed by atoms with Crippen molar-refractivity contribution in [1.29, 1.82) is 5.41 Å². The van der Waals surface area contributed by atoms with Crippen LogP contribution in [0.2, 0.25) is 0 Å². The van der Waals surface area contributed by atoms with E-state index in [0.29, 0.717) is 18.6 Å². The first-order valence-electron chi connectivity index (χ1n) is 11.3. The molecule has 36 heavy (non-hydrogen) atoms. The first kappa shape index (κ1) is 25.0. The van der Waals surface area contributed by atoms with Gasteiger partial charge in [-0.25, -0.2) is 13.6 Å². The zero-order chi connectivity index (χ0) is 26.0. The molecule has 0 spiro atoms. The Morgan fingerprint density at radius 3 is 2.53 bits per heavy atom. The summed E-state index contributed by atoms with van der Waals surface area (Å²) in [4.78, 5) is 29.7. The number of nitrogen functional groups attached to an aromatic ring is 1. The van der Waals surface area contributed by atoms with Crippen LogP contribution in [0.1, 0.15) is 53.2 Å². The van der Waals surface area contributed by atoms with E-state index in [4.69, 9.17) is 21.7 Å². The average Bonchev–Trinajstić information content (AvgIpc) is 3.68. The molecular weight excluding hydrogens is 472 g/mol. The maximum atomic E-state index is 15.8. The van der Waals surface area contributed by atoms with E-state index in [1.807, 2.05) is 30.3 Å². The molecule has 0 aliphatic heterocycles. The smallest absolute Gasteiger partial charge is 0.341 e. The van der Waals surface area contributed by atoms with Crippen LogP contribution in [0.3, 0.4) is 0 Å². The molecule has 1 aromatic heterocycles. The standard InChI is InChI=1S/C25H25F2N5O4/c26-20-18(17(29)10-14(8-9-28)31-36-12-13-4-2-1-3-5-13)21(27)23-19(22(20)30)24(33)16(25(34)35)11-32(23)15-6-7-15/h1-5,11,15,29H,6-10,12,28,30H2,(H,34,35). The van der Waals surface area contributed by atoms with Crippen molar-refractivity contribution < 1.29 is 23.5 Å². The number of carboxylic acids is 1. The molecule has 6 N–H and O–H groups in total. The molecule has 188 valence electrons. The molecule has 3 aromatic rings. The molecule has 1 heterocycles. The van der Waals surface area contributed by atoms with Crippen LogP contribution in [0.15, 0.2) is 46.5 Å². The van der Waals surface area contributed by atoms with Crippen molar-refractivity contribution in [2.24, 2.45) is 10.9 Å². The zero-order valence-corrected chi connectivity index (χ0v) is 19.3. The third-order valence-corrected chi connectivity index (χ3v) is 5.94. The molecule has 4 rings (SSSR count). The molecule has 0 amide bonds. The lowest BCUT2D eigenvalue weighted by atomic mass is 9.97. The molecule has 9 nitrogen and oxygen atoms in total. The van der Waals surface area contributed by atoms with E-state index in [0.717, 1.165) is 11.8 Å². The largest absolute Gasteiger partial charge is 0.477 e. The van der Waals surface area contributed by atoms with Gasteiger partial charge in [0.05, 0.1) is 33.6 Å². The van der Waals surface area contributed by atoms with E-state index >= 15 is 8.78 Å². The number of aromatic carboxylic acids is 1. The molecule has 0 saturated heterocycles. The van der Waals surface area contributed by atoms with Crippen molar-refractivity contribution >= 4 is 34.0 Å². The van der Waals surface area contributed by atoms with Crippen molar-refractivity contribution in [1.82, 2.24) is 4.57 Å². The van der Waals surface area contributed by atoms with Crippen LogP contribution >= 0.6 is 0 Å². The topological polar surface area (TPSA) is 157 Å². The number of nitrogens with zero attached hydrogens (tertiary/aromatic N) is 2. The molecule has 1 aliphatic rings. The van der Waals surface area contributed by atoms with Crippen LogP contribution < -0.4 is 16.9 Å². The molecular formula is C25H25F2N5O4. The van der Waals surface area contributed by atoms with Gasteiger partial charge in [-0.05, 0) is 24.9 Å². The van der Waals surface area contributed by atoms with Gasteiger partial charge >= 0.3 is 5.97 Å². The van der Waals surface area contributed by atoms with E-state index in [2.05, 4.69) is 5.16 Å². The second-order valence-electron chi connectivity index (χ2n) is 8.57. The lowest BCUT2D eigenvalue weighted by molar-refractivity contribution is 0.0694. The number of benzene rings is 2. The molecule has 0 atom stereocenters. The van der Waals surface area contributed by atoms with Crippen molar-refractivity contribution in [3.63, 3.8) is 0 Å². The number of hydrogen-bond donors (Lipinski definition) is 4.